The van der Waals surface area contributed by atoms with Crippen LogP contribution in [0.3, 0.4) is 0 Å². The molecule has 1 amide bonds. The summed E-state index contributed by atoms with van der Waals surface area (Å²) in [5.41, 5.74) is 3.30. The molecule has 1 fully saturated rings. The number of carbonyl (C=O) groups excluding carboxylic acids is 1. The van der Waals surface area contributed by atoms with Crippen molar-refractivity contribution in [1.82, 2.24) is 35.1 Å². The molecule has 5 heterocycles. The standard InChI is InChI=1S/C29H22F2N8O/c30-20-8-4-3-7-18(20)24-25-21(9-10-33-24)36-28(37-25)26-22-23(31)19(14-34-27(22)39-38-26)16-11-17(13-32-12-16)35-29(40)15-5-1-2-6-15/h3-4,7-15H,1-2,5-6H2,(H,35,40)(H,36,37)(H,34,38,39). The van der Waals surface area contributed by atoms with Crippen LogP contribution >= 0.6 is 0 Å². The van der Waals surface area contributed by atoms with E-state index in [1.807, 2.05) is 0 Å². The van der Waals surface area contributed by atoms with Gasteiger partial charge in [0.1, 0.15) is 28.5 Å². The van der Waals surface area contributed by atoms with E-state index < -0.39 is 11.6 Å². The summed E-state index contributed by atoms with van der Waals surface area (Å²) in [5.74, 6) is -0.767. The minimum Gasteiger partial charge on any atom is -0.336 e. The molecule has 0 atom stereocenters. The Morgan fingerprint density at radius 1 is 0.975 bits per heavy atom. The van der Waals surface area contributed by atoms with Gasteiger partial charge in [0.15, 0.2) is 11.5 Å². The molecule has 0 bridgehead atoms. The van der Waals surface area contributed by atoms with Crippen LogP contribution in [-0.2, 0) is 4.79 Å². The Bertz CT molecular complexity index is 1910. The highest BCUT2D eigenvalue weighted by molar-refractivity contribution is 5.97. The molecule has 5 aromatic heterocycles. The Balaban J connectivity index is 1.29. The quantitative estimate of drug-likeness (QED) is 0.247. The summed E-state index contributed by atoms with van der Waals surface area (Å²) >= 11 is 0. The van der Waals surface area contributed by atoms with Gasteiger partial charge >= 0.3 is 0 Å². The van der Waals surface area contributed by atoms with E-state index in [4.69, 9.17) is 0 Å². The molecule has 1 aromatic carbocycles. The first-order valence-electron chi connectivity index (χ1n) is 13.0. The van der Waals surface area contributed by atoms with Gasteiger partial charge in [0.2, 0.25) is 5.91 Å². The van der Waals surface area contributed by atoms with Crippen molar-refractivity contribution in [1.29, 1.82) is 0 Å². The lowest BCUT2D eigenvalue weighted by molar-refractivity contribution is -0.119. The number of fused-ring (bicyclic) bond motifs is 2. The number of nitrogens with zero attached hydrogens (tertiary/aromatic N) is 5. The second-order valence-corrected chi connectivity index (χ2v) is 9.84. The summed E-state index contributed by atoms with van der Waals surface area (Å²) in [5, 5.41) is 10.1. The van der Waals surface area contributed by atoms with Gasteiger partial charge in [0.05, 0.1) is 22.8 Å². The number of aromatic nitrogens is 7. The van der Waals surface area contributed by atoms with E-state index in [2.05, 4.69) is 40.4 Å². The van der Waals surface area contributed by atoms with E-state index >= 15 is 4.39 Å². The molecule has 0 saturated heterocycles. The van der Waals surface area contributed by atoms with Crippen LogP contribution in [0, 0.1) is 17.6 Å². The van der Waals surface area contributed by atoms with Gasteiger partial charge in [0, 0.05) is 41.2 Å². The summed E-state index contributed by atoms with van der Waals surface area (Å²) in [4.78, 5) is 33.3. The molecular weight excluding hydrogens is 514 g/mol. The second-order valence-electron chi connectivity index (χ2n) is 9.84. The van der Waals surface area contributed by atoms with Crippen LogP contribution in [0.1, 0.15) is 25.7 Å². The summed E-state index contributed by atoms with van der Waals surface area (Å²) in [7, 11) is 0. The van der Waals surface area contributed by atoms with Crippen molar-refractivity contribution in [2.45, 2.75) is 25.7 Å². The predicted molar refractivity (Wildman–Crippen MR) is 146 cm³/mol. The minimum absolute atomic E-state index is 0.00944. The van der Waals surface area contributed by atoms with E-state index in [9.17, 15) is 9.18 Å². The maximum absolute atomic E-state index is 16.1. The average molecular weight is 537 g/mol. The molecule has 1 saturated carbocycles. The van der Waals surface area contributed by atoms with Gasteiger partial charge in [-0.2, -0.15) is 5.10 Å². The maximum atomic E-state index is 16.1. The van der Waals surface area contributed by atoms with E-state index in [0.29, 0.717) is 33.5 Å². The molecular formula is C29H22F2N8O. The van der Waals surface area contributed by atoms with Crippen LogP contribution < -0.4 is 5.32 Å². The van der Waals surface area contributed by atoms with Gasteiger partial charge in [-0.25, -0.2) is 18.7 Å². The summed E-state index contributed by atoms with van der Waals surface area (Å²) in [6.07, 6.45) is 9.86. The summed E-state index contributed by atoms with van der Waals surface area (Å²) in [6.45, 7) is 0. The lowest BCUT2D eigenvalue weighted by Crippen LogP contribution is -2.20. The largest absolute Gasteiger partial charge is 0.336 e. The van der Waals surface area contributed by atoms with Crippen molar-refractivity contribution < 1.29 is 13.6 Å². The lowest BCUT2D eigenvalue weighted by atomic mass is 10.1. The number of rotatable bonds is 5. The molecule has 9 nitrogen and oxygen atoms in total. The van der Waals surface area contributed by atoms with Crippen LogP contribution in [0.5, 0.6) is 0 Å². The Labute approximate surface area is 226 Å². The molecule has 1 aliphatic carbocycles. The highest BCUT2D eigenvalue weighted by atomic mass is 19.1. The molecule has 7 rings (SSSR count). The van der Waals surface area contributed by atoms with Crippen LogP contribution in [0.15, 0.2) is 61.2 Å². The SMILES string of the molecule is O=C(Nc1cncc(-c2cnc3[nH]nc(-c4nc5c(-c6ccccc6F)nccc5[nH]4)c3c2F)c1)C1CCCC1. The van der Waals surface area contributed by atoms with Gasteiger partial charge in [0.25, 0.3) is 0 Å². The van der Waals surface area contributed by atoms with Gasteiger partial charge < -0.3 is 10.3 Å². The van der Waals surface area contributed by atoms with Crippen LogP contribution in [-0.4, -0.2) is 41.0 Å². The zero-order chi connectivity index (χ0) is 27.2. The lowest BCUT2D eigenvalue weighted by Gasteiger charge is -2.11. The van der Waals surface area contributed by atoms with E-state index in [-0.39, 0.29) is 39.9 Å². The Hall–Kier alpha value is -5.06. The third kappa shape index (κ3) is 4.06. The number of carbonyl (C=O) groups is 1. The molecule has 0 unspecified atom stereocenters. The van der Waals surface area contributed by atoms with Crippen molar-refractivity contribution >= 4 is 33.7 Å². The first-order chi connectivity index (χ1) is 19.6. The number of nitrogens with one attached hydrogen (secondary N) is 3. The van der Waals surface area contributed by atoms with Crippen molar-refractivity contribution in [3.8, 4) is 33.9 Å². The number of hydrogen-bond donors (Lipinski definition) is 3. The third-order valence-electron chi connectivity index (χ3n) is 7.32. The number of anilines is 1. The number of pyridine rings is 3. The summed E-state index contributed by atoms with van der Waals surface area (Å²) < 4.78 is 30.7. The van der Waals surface area contributed by atoms with Crippen molar-refractivity contribution in [3.05, 3.63) is 72.8 Å². The van der Waals surface area contributed by atoms with Gasteiger partial charge in [-0.05, 0) is 37.1 Å². The molecule has 40 heavy (non-hydrogen) atoms. The van der Waals surface area contributed by atoms with E-state index in [1.165, 1.54) is 18.5 Å². The molecule has 3 N–H and O–H groups in total. The van der Waals surface area contributed by atoms with Crippen LogP contribution in [0.25, 0.3) is 56.0 Å². The first-order valence-corrected chi connectivity index (χ1v) is 13.0. The van der Waals surface area contributed by atoms with E-state index in [1.54, 1.807) is 42.7 Å². The second kappa shape index (κ2) is 9.60. The van der Waals surface area contributed by atoms with Gasteiger partial charge in [-0.3, -0.25) is 19.9 Å². The zero-order valence-electron chi connectivity index (χ0n) is 21.1. The maximum Gasteiger partial charge on any atom is 0.227 e. The fraction of sp³-hybridized carbons (Fsp3) is 0.172. The van der Waals surface area contributed by atoms with Crippen molar-refractivity contribution in [3.63, 3.8) is 0 Å². The number of hydrogen-bond acceptors (Lipinski definition) is 6. The monoisotopic (exact) mass is 536 g/mol. The summed E-state index contributed by atoms with van der Waals surface area (Å²) in [6, 6.07) is 9.70. The minimum atomic E-state index is -0.567. The topological polar surface area (TPSA) is 125 Å². The van der Waals surface area contributed by atoms with Crippen LogP contribution in [0.2, 0.25) is 0 Å². The smallest absolute Gasteiger partial charge is 0.227 e. The molecule has 0 aliphatic heterocycles. The number of imidazole rings is 1. The first kappa shape index (κ1) is 24.0. The Morgan fingerprint density at radius 3 is 2.67 bits per heavy atom. The average Bonchev–Trinajstić information content (AvgIpc) is 3.73. The Kier molecular flexibility index (Phi) is 5.76. The van der Waals surface area contributed by atoms with Crippen molar-refractivity contribution in [2.24, 2.45) is 5.92 Å². The number of amides is 1. The fourth-order valence-electron chi connectivity index (χ4n) is 5.31. The fourth-order valence-corrected chi connectivity index (χ4v) is 5.31. The normalized spacial score (nSPS) is 13.8. The van der Waals surface area contributed by atoms with Crippen LogP contribution in [0.4, 0.5) is 14.5 Å². The number of H-pyrrole nitrogens is 2. The number of benzene rings is 1. The predicted octanol–water partition coefficient (Wildman–Crippen LogP) is 6.03. The number of halogens is 2. The molecule has 11 heteroatoms. The molecule has 0 spiro atoms. The molecule has 198 valence electrons. The molecule has 0 radical (unpaired) electrons. The van der Waals surface area contributed by atoms with E-state index in [0.717, 1.165) is 25.7 Å². The Morgan fingerprint density at radius 2 is 1.82 bits per heavy atom. The highest BCUT2D eigenvalue weighted by Crippen LogP contribution is 2.35. The third-order valence-corrected chi connectivity index (χ3v) is 7.32. The number of aromatic amines is 2. The molecule has 6 aromatic rings. The zero-order valence-corrected chi connectivity index (χ0v) is 21.1. The highest BCUT2D eigenvalue weighted by Gasteiger charge is 2.24. The van der Waals surface area contributed by atoms with Gasteiger partial charge in [-0.15, -0.1) is 0 Å². The van der Waals surface area contributed by atoms with Crippen molar-refractivity contribution in [2.75, 3.05) is 5.32 Å². The molecule has 1 aliphatic rings. The van der Waals surface area contributed by atoms with Gasteiger partial charge in [-0.1, -0.05) is 25.0 Å².